The van der Waals surface area contributed by atoms with Gasteiger partial charge in [-0.05, 0) is 24.3 Å². The van der Waals surface area contributed by atoms with Gasteiger partial charge in [0.05, 0.1) is 22.4 Å². The van der Waals surface area contributed by atoms with Gasteiger partial charge in [0.1, 0.15) is 5.52 Å². The first-order valence-corrected chi connectivity index (χ1v) is 8.40. The molecule has 26 heavy (non-hydrogen) atoms. The van der Waals surface area contributed by atoms with Crippen LogP contribution in [-0.2, 0) is 0 Å². The van der Waals surface area contributed by atoms with E-state index in [2.05, 4.69) is 44.8 Å². The molecule has 0 radical (unpaired) electrons. The van der Waals surface area contributed by atoms with Crippen LogP contribution in [-0.4, -0.2) is 20.2 Å². The minimum atomic E-state index is 0.705. The van der Waals surface area contributed by atoms with Crippen LogP contribution in [0.2, 0.25) is 0 Å². The Hall–Kier alpha value is -3.73. The number of pyridine rings is 2. The molecule has 0 unspecified atom stereocenters. The van der Waals surface area contributed by atoms with Crippen LogP contribution in [0.3, 0.4) is 0 Å². The summed E-state index contributed by atoms with van der Waals surface area (Å²) in [6, 6.07) is 24.2. The molecule has 5 nitrogen and oxygen atoms in total. The van der Waals surface area contributed by atoms with Gasteiger partial charge in [0, 0.05) is 17.1 Å². The molecule has 0 aliphatic carbocycles. The van der Waals surface area contributed by atoms with Gasteiger partial charge < -0.3 is 5.32 Å². The number of hydrogen-bond acceptors (Lipinski definition) is 4. The van der Waals surface area contributed by atoms with Crippen LogP contribution in [0.25, 0.3) is 33.2 Å². The van der Waals surface area contributed by atoms with Crippen LogP contribution in [0, 0.1) is 0 Å². The van der Waals surface area contributed by atoms with Crippen molar-refractivity contribution in [2.24, 2.45) is 0 Å². The van der Waals surface area contributed by atoms with Gasteiger partial charge in [-0.15, -0.1) is 0 Å². The van der Waals surface area contributed by atoms with E-state index in [9.17, 15) is 0 Å². The Morgan fingerprint density at radius 1 is 0.846 bits per heavy atom. The Bertz CT molecular complexity index is 1210. The van der Waals surface area contributed by atoms with Crippen molar-refractivity contribution in [3.05, 3.63) is 79.0 Å². The lowest BCUT2D eigenvalue weighted by atomic mass is 10.1. The molecule has 5 aromatic rings. The van der Waals surface area contributed by atoms with Gasteiger partial charge in [-0.2, -0.15) is 5.10 Å². The highest BCUT2D eigenvalue weighted by molar-refractivity contribution is 5.97. The second-order valence-electron chi connectivity index (χ2n) is 6.04. The number of rotatable bonds is 3. The summed E-state index contributed by atoms with van der Waals surface area (Å²) in [6.45, 7) is 0. The van der Waals surface area contributed by atoms with Crippen molar-refractivity contribution >= 4 is 33.4 Å². The number of hydrogen-bond donors (Lipinski definition) is 2. The van der Waals surface area contributed by atoms with Crippen molar-refractivity contribution in [3.8, 4) is 11.3 Å². The summed E-state index contributed by atoms with van der Waals surface area (Å²) in [4.78, 5) is 9.24. The van der Waals surface area contributed by atoms with E-state index in [1.54, 1.807) is 6.20 Å². The zero-order valence-electron chi connectivity index (χ0n) is 13.8. The van der Waals surface area contributed by atoms with Gasteiger partial charge in [0.25, 0.3) is 0 Å². The zero-order chi connectivity index (χ0) is 17.3. The fourth-order valence-electron chi connectivity index (χ4n) is 3.10. The smallest absolute Gasteiger partial charge is 0.178 e. The Morgan fingerprint density at radius 2 is 1.69 bits per heavy atom. The summed E-state index contributed by atoms with van der Waals surface area (Å²) in [6.07, 6.45) is 1.77. The number of para-hydroxylation sites is 1. The number of anilines is 2. The average Bonchev–Trinajstić information content (AvgIpc) is 3.11. The predicted molar refractivity (Wildman–Crippen MR) is 104 cm³/mol. The molecule has 2 N–H and O–H groups in total. The van der Waals surface area contributed by atoms with Crippen molar-refractivity contribution < 1.29 is 0 Å². The van der Waals surface area contributed by atoms with Crippen molar-refractivity contribution in [2.45, 2.75) is 0 Å². The highest BCUT2D eigenvalue weighted by atomic mass is 15.2. The van der Waals surface area contributed by atoms with E-state index < -0.39 is 0 Å². The molecule has 0 aliphatic heterocycles. The number of nitrogens with one attached hydrogen (secondary N) is 2. The Labute approximate surface area is 149 Å². The van der Waals surface area contributed by atoms with Gasteiger partial charge >= 0.3 is 0 Å². The molecule has 0 atom stereocenters. The summed E-state index contributed by atoms with van der Waals surface area (Å²) in [7, 11) is 0. The minimum Gasteiger partial charge on any atom is -0.336 e. The largest absolute Gasteiger partial charge is 0.336 e. The highest BCUT2D eigenvalue weighted by Gasteiger charge is 2.11. The van der Waals surface area contributed by atoms with Gasteiger partial charge in [-0.1, -0.05) is 48.5 Å². The first-order valence-electron chi connectivity index (χ1n) is 8.40. The molecular weight excluding hydrogens is 322 g/mol. The molecule has 5 heteroatoms. The van der Waals surface area contributed by atoms with E-state index in [1.165, 1.54) is 0 Å². The fraction of sp³-hybridized carbons (Fsp3) is 0. The highest BCUT2D eigenvalue weighted by Crippen LogP contribution is 2.31. The quantitative estimate of drug-likeness (QED) is 0.490. The minimum absolute atomic E-state index is 0.705. The van der Waals surface area contributed by atoms with Crippen molar-refractivity contribution in [1.82, 2.24) is 20.2 Å². The molecule has 0 bridgehead atoms. The average molecular weight is 337 g/mol. The lowest BCUT2D eigenvalue weighted by Gasteiger charge is -2.11. The first kappa shape index (κ1) is 14.6. The molecule has 0 saturated carbocycles. The zero-order valence-corrected chi connectivity index (χ0v) is 13.8. The van der Waals surface area contributed by atoms with Crippen molar-refractivity contribution in [3.63, 3.8) is 0 Å². The normalized spacial score (nSPS) is 11.1. The predicted octanol–water partition coefficient (Wildman–Crippen LogP) is 4.92. The van der Waals surface area contributed by atoms with E-state index >= 15 is 0 Å². The molecule has 2 aromatic carbocycles. The van der Waals surface area contributed by atoms with Crippen LogP contribution < -0.4 is 5.32 Å². The molecule has 0 spiro atoms. The van der Waals surface area contributed by atoms with Gasteiger partial charge in [-0.3, -0.25) is 10.1 Å². The molecule has 5 rings (SSSR count). The third-order valence-electron chi connectivity index (χ3n) is 4.36. The topological polar surface area (TPSA) is 66.5 Å². The first-order chi connectivity index (χ1) is 12.9. The van der Waals surface area contributed by atoms with Crippen LogP contribution in [0.5, 0.6) is 0 Å². The summed E-state index contributed by atoms with van der Waals surface area (Å²) >= 11 is 0. The maximum atomic E-state index is 4.81. The molecule has 0 aliphatic rings. The van der Waals surface area contributed by atoms with Gasteiger partial charge in [-0.25, -0.2) is 4.98 Å². The molecule has 0 amide bonds. The second kappa shape index (κ2) is 5.97. The number of nitrogens with zero attached hydrogens (tertiary/aromatic N) is 3. The van der Waals surface area contributed by atoms with E-state index in [4.69, 9.17) is 4.98 Å². The molecule has 3 aromatic heterocycles. The van der Waals surface area contributed by atoms with E-state index in [-0.39, 0.29) is 0 Å². The lowest BCUT2D eigenvalue weighted by Crippen LogP contribution is -1.96. The molecule has 3 heterocycles. The monoisotopic (exact) mass is 337 g/mol. The standard InChI is InChI=1S/C21H15N5/c1-2-7-14(8-3-1)18-13-19(15-9-4-5-10-16(15)23-18)24-21-20-17(25-26-21)11-6-12-22-20/h1-13H,(H2,23,24,25,26). The SMILES string of the molecule is c1ccc(-c2cc(Nc3n[nH]c4cccnc34)c3ccccc3n2)cc1. The molecular formula is C21H15N5. The summed E-state index contributed by atoms with van der Waals surface area (Å²) in [5.41, 5.74) is 5.59. The van der Waals surface area contributed by atoms with Crippen LogP contribution >= 0.6 is 0 Å². The lowest BCUT2D eigenvalue weighted by molar-refractivity contribution is 1.12. The molecule has 0 fully saturated rings. The third-order valence-corrected chi connectivity index (χ3v) is 4.36. The molecule has 124 valence electrons. The molecule has 0 saturated heterocycles. The number of benzene rings is 2. The second-order valence-corrected chi connectivity index (χ2v) is 6.04. The Kier molecular flexibility index (Phi) is 3.35. The van der Waals surface area contributed by atoms with Crippen LogP contribution in [0.15, 0.2) is 79.0 Å². The van der Waals surface area contributed by atoms with Crippen molar-refractivity contribution in [2.75, 3.05) is 5.32 Å². The van der Waals surface area contributed by atoms with Crippen LogP contribution in [0.1, 0.15) is 0 Å². The summed E-state index contributed by atoms with van der Waals surface area (Å²) in [5.74, 6) is 0.705. The third kappa shape index (κ3) is 2.46. The fourth-order valence-corrected chi connectivity index (χ4v) is 3.10. The van der Waals surface area contributed by atoms with Gasteiger partial charge in [0.15, 0.2) is 5.82 Å². The van der Waals surface area contributed by atoms with Crippen LogP contribution in [0.4, 0.5) is 11.5 Å². The number of aromatic amines is 1. The van der Waals surface area contributed by atoms with E-state index in [1.807, 2.05) is 48.5 Å². The number of fused-ring (bicyclic) bond motifs is 2. The number of aromatic nitrogens is 4. The van der Waals surface area contributed by atoms with Crippen molar-refractivity contribution in [1.29, 1.82) is 0 Å². The Balaban J connectivity index is 1.68. The van der Waals surface area contributed by atoms with Gasteiger partial charge in [0.2, 0.25) is 0 Å². The summed E-state index contributed by atoms with van der Waals surface area (Å²) in [5, 5.41) is 11.9. The van der Waals surface area contributed by atoms with E-state index in [0.717, 1.165) is 38.9 Å². The number of H-pyrrole nitrogens is 1. The Morgan fingerprint density at radius 3 is 2.62 bits per heavy atom. The maximum absolute atomic E-state index is 4.81. The summed E-state index contributed by atoms with van der Waals surface area (Å²) < 4.78 is 0. The van der Waals surface area contributed by atoms with E-state index in [0.29, 0.717) is 5.82 Å². The maximum Gasteiger partial charge on any atom is 0.178 e.